The fourth-order valence-electron chi connectivity index (χ4n) is 2.43. The van der Waals surface area contributed by atoms with E-state index in [2.05, 4.69) is 15.6 Å². The number of pyridine rings is 1. The standard InChI is InChI=1S/C21H19N3O3/c1-14-5-7-15(8-6-14)21(26)24-19-18(4-3-13-22-19)23-20(25)16-9-11-17(27-2)12-10-16/h3-13H,1-2H3,(H,23,25)(H,22,24,26). The highest BCUT2D eigenvalue weighted by molar-refractivity contribution is 6.09. The fourth-order valence-corrected chi connectivity index (χ4v) is 2.43. The predicted molar refractivity (Wildman–Crippen MR) is 104 cm³/mol. The first-order chi connectivity index (χ1) is 13.1. The van der Waals surface area contributed by atoms with Gasteiger partial charge >= 0.3 is 0 Å². The molecule has 0 atom stereocenters. The summed E-state index contributed by atoms with van der Waals surface area (Å²) in [6, 6.07) is 17.3. The predicted octanol–water partition coefficient (Wildman–Crippen LogP) is 3.90. The van der Waals surface area contributed by atoms with E-state index in [1.165, 1.54) is 0 Å². The number of benzene rings is 2. The Balaban J connectivity index is 1.76. The van der Waals surface area contributed by atoms with Crippen molar-refractivity contribution in [2.45, 2.75) is 6.92 Å². The summed E-state index contributed by atoms with van der Waals surface area (Å²) >= 11 is 0. The smallest absolute Gasteiger partial charge is 0.256 e. The second-order valence-corrected chi connectivity index (χ2v) is 5.90. The quantitative estimate of drug-likeness (QED) is 0.722. The summed E-state index contributed by atoms with van der Waals surface area (Å²) < 4.78 is 5.09. The Kier molecular flexibility index (Phi) is 5.47. The molecule has 2 amide bonds. The zero-order chi connectivity index (χ0) is 19.2. The lowest BCUT2D eigenvalue weighted by Gasteiger charge is -2.11. The van der Waals surface area contributed by atoms with E-state index in [1.807, 2.05) is 19.1 Å². The maximum absolute atomic E-state index is 12.5. The second-order valence-electron chi connectivity index (χ2n) is 5.90. The zero-order valence-corrected chi connectivity index (χ0v) is 15.0. The van der Waals surface area contributed by atoms with Gasteiger partial charge in [-0.15, -0.1) is 0 Å². The Morgan fingerprint density at radius 3 is 2.07 bits per heavy atom. The molecular formula is C21H19N3O3. The van der Waals surface area contributed by atoms with E-state index < -0.39 is 0 Å². The molecule has 0 radical (unpaired) electrons. The van der Waals surface area contributed by atoms with Gasteiger partial charge in [0.1, 0.15) is 5.75 Å². The lowest BCUT2D eigenvalue weighted by atomic mass is 10.1. The number of hydrogen-bond donors (Lipinski definition) is 2. The number of rotatable bonds is 5. The second kappa shape index (κ2) is 8.14. The van der Waals surface area contributed by atoms with Gasteiger partial charge in [0.25, 0.3) is 11.8 Å². The van der Waals surface area contributed by atoms with Crippen molar-refractivity contribution in [2.24, 2.45) is 0 Å². The Morgan fingerprint density at radius 2 is 1.44 bits per heavy atom. The molecule has 3 aromatic rings. The molecule has 0 bridgehead atoms. The van der Waals surface area contributed by atoms with Crippen LogP contribution in [0.15, 0.2) is 66.9 Å². The molecule has 136 valence electrons. The van der Waals surface area contributed by atoms with Crippen molar-refractivity contribution in [3.05, 3.63) is 83.6 Å². The van der Waals surface area contributed by atoms with Gasteiger partial charge in [0.15, 0.2) is 5.82 Å². The van der Waals surface area contributed by atoms with Crippen LogP contribution in [-0.4, -0.2) is 23.9 Å². The average Bonchev–Trinajstić information content (AvgIpc) is 2.70. The Morgan fingerprint density at radius 1 is 0.852 bits per heavy atom. The highest BCUT2D eigenvalue weighted by Gasteiger charge is 2.13. The topological polar surface area (TPSA) is 80.3 Å². The van der Waals surface area contributed by atoms with Gasteiger partial charge in [0.2, 0.25) is 0 Å². The van der Waals surface area contributed by atoms with Crippen molar-refractivity contribution in [2.75, 3.05) is 17.7 Å². The number of carbonyl (C=O) groups excluding carboxylic acids is 2. The van der Waals surface area contributed by atoms with Gasteiger partial charge in [0.05, 0.1) is 12.8 Å². The van der Waals surface area contributed by atoms with Crippen LogP contribution in [0, 0.1) is 6.92 Å². The van der Waals surface area contributed by atoms with Crippen LogP contribution in [-0.2, 0) is 0 Å². The number of anilines is 2. The number of aromatic nitrogens is 1. The van der Waals surface area contributed by atoms with E-state index in [0.717, 1.165) is 5.56 Å². The minimum atomic E-state index is -0.309. The third-order valence-corrected chi connectivity index (χ3v) is 3.95. The van der Waals surface area contributed by atoms with Crippen molar-refractivity contribution in [1.82, 2.24) is 4.98 Å². The highest BCUT2D eigenvalue weighted by Crippen LogP contribution is 2.20. The number of nitrogens with one attached hydrogen (secondary N) is 2. The molecule has 0 aliphatic rings. The minimum absolute atomic E-state index is 0.282. The SMILES string of the molecule is COc1ccc(C(=O)Nc2cccnc2NC(=O)c2ccc(C)cc2)cc1. The van der Waals surface area contributed by atoms with Crippen molar-refractivity contribution in [3.8, 4) is 5.75 Å². The monoisotopic (exact) mass is 361 g/mol. The normalized spacial score (nSPS) is 10.1. The number of hydrogen-bond acceptors (Lipinski definition) is 4. The Bertz CT molecular complexity index is 951. The van der Waals surface area contributed by atoms with Crippen LogP contribution in [0.3, 0.4) is 0 Å². The van der Waals surface area contributed by atoms with Crippen molar-refractivity contribution >= 4 is 23.3 Å². The molecule has 0 aliphatic carbocycles. The van der Waals surface area contributed by atoms with Gasteiger partial charge in [-0.05, 0) is 55.5 Å². The summed E-state index contributed by atoms with van der Waals surface area (Å²) in [7, 11) is 1.56. The first-order valence-electron chi connectivity index (χ1n) is 8.35. The van der Waals surface area contributed by atoms with E-state index in [1.54, 1.807) is 61.8 Å². The summed E-state index contributed by atoms with van der Waals surface area (Å²) in [5.41, 5.74) is 2.46. The van der Waals surface area contributed by atoms with E-state index in [0.29, 0.717) is 22.6 Å². The maximum atomic E-state index is 12.5. The summed E-state index contributed by atoms with van der Waals surface area (Å²) in [6.07, 6.45) is 1.55. The van der Waals surface area contributed by atoms with Crippen LogP contribution in [0.4, 0.5) is 11.5 Å². The third-order valence-electron chi connectivity index (χ3n) is 3.95. The lowest BCUT2D eigenvalue weighted by Crippen LogP contribution is -2.17. The van der Waals surface area contributed by atoms with Crippen LogP contribution in [0.2, 0.25) is 0 Å². The molecule has 6 nitrogen and oxygen atoms in total. The average molecular weight is 361 g/mol. The van der Waals surface area contributed by atoms with E-state index in [-0.39, 0.29) is 17.6 Å². The third kappa shape index (κ3) is 4.49. The molecule has 0 spiro atoms. The van der Waals surface area contributed by atoms with Crippen molar-refractivity contribution < 1.29 is 14.3 Å². The van der Waals surface area contributed by atoms with Crippen LogP contribution >= 0.6 is 0 Å². The van der Waals surface area contributed by atoms with Gasteiger partial charge in [-0.2, -0.15) is 0 Å². The first kappa shape index (κ1) is 18.1. The Labute approximate surface area is 157 Å². The van der Waals surface area contributed by atoms with Gasteiger partial charge in [-0.3, -0.25) is 9.59 Å². The van der Waals surface area contributed by atoms with Crippen molar-refractivity contribution in [1.29, 1.82) is 0 Å². The number of aryl methyl sites for hydroxylation is 1. The fraction of sp³-hybridized carbons (Fsp3) is 0.0952. The van der Waals surface area contributed by atoms with Crippen molar-refractivity contribution in [3.63, 3.8) is 0 Å². The summed E-state index contributed by atoms with van der Waals surface area (Å²) in [4.78, 5) is 29.1. The summed E-state index contributed by atoms with van der Waals surface area (Å²) in [5.74, 6) is 0.342. The molecule has 27 heavy (non-hydrogen) atoms. The van der Waals surface area contributed by atoms with E-state index in [4.69, 9.17) is 4.74 Å². The Hall–Kier alpha value is -3.67. The molecule has 0 fully saturated rings. The molecule has 2 N–H and O–H groups in total. The van der Waals surface area contributed by atoms with Crippen LogP contribution < -0.4 is 15.4 Å². The molecular weight excluding hydrogens is 342 g/mol. The van der Waals surface area contributed by atoms with Gasteiger partial charge in [-0.25, -0.2) is 4.98 Å². The molecule has 0 saturated carbocycles. The van der Waals surface area contributed by atoms with Gasteiger partial charge in [0, 0.05) is 17.3 Å². The largest absolute Gasteiger partial charge is 0.497 e. The maximum Gasteiger partial charge on any atom is 0.256 e. The summed E-state index contributed by atoms with van der Waals surface area (Å²) in [6.45, 7) is 1.95. The minimum Gasteiger partial charge on any atom is -0.497 e. The van der Waals surface area contributed by atoms with E-state index in [9.17, 15) is 9.59 Å². The molecule has 6 heteroatoms. The molecule has 1 heterocycles. The lowest BCUT2D eigenvalue weighted by molar-refractivity contribution is 0.101. The number of carbonyl (C=O) groups is 2. The van der Waals surface area contributed by atoms with Crippen LogP contribution in [0.25, 0.3) is 0 Å². The molecule has 0 unspecified atom stereocenters. The number of ether oxygens (including phenoxy) is 1. The van der Waals surface area contributed by atoms with Crippen LogP contribution in [0.1, 0.15) is 26.3 Å². The number of nitrogens with zero attached hydrogens (tertiary/aromatic N) is 1. The van der Waals surface area contributed by atoms with Gasteiger partial charge in [-0.1, -0.05) is 17.7 Å². The zero-order valence-electron chi connectivity index (χ0n) is 15.0. The number of amides is 2. The number of methoxy groups -OCH3 is 1. The highest BCUT2D eigenvalue weighted by atomic mass is 16.5. The molecule has 0 saturated heterocycles. The van der Waals surface area contributed by atoms with Crippen LogP contribution in [0.5, 0.6) is 5.75 Å². The van der Waals surface area contributed by atoms with Gasteiger partial charge < -0.3 is 15.4 Å². The first-order valence-corrected chi connectivity index (χ1v) is 8.35. The molecule has 1 aromatic heterocycles. The summed E-state index contributed by atoms with van der Waals surface area (Å²) in [5, 5.41) is 5.51. The molecule has 3 rings (SSSR count). The molecule has 0 aliphatic heterocycles. The van der Waals surface area contributed by atoms with E-state index >= 15 is 0 Å². The molecule has 2 aromatic carbocycles.